The van der Waals surface area contributed by atoms with E-state index in [0.29, 0.717) is 11.8 Å². The Morgan fingerprint density at radius 1 is 1.17 bits per heavy atom. The molecule has 1 aromatic carbocycles. The molecular formula is C11H8F4N2O. The van der Waals surface area contributed by atoms with Gasteiger partial charge in [0.05, 0.1) is 12.1 Å². The van der Waals surface area contributed by atoms with Gasteiger partial charge >= 0.3 is 6.18 Å². The van der Waals surface area contributed by atoms with Crippen molar-refractivity contribution >= 4 is 0 Å². The van der Waals surface area contributed by atoms with Crippen molar-refractivity contribution in [2.75, 3.05) is 0 Å². The average Bonchev–Trinajstić information content (AvgIpc) is 2.75. The molecule has 0 saturated carbocycles. The molecule has 0 atom stereocenters. The van der Waals surface area contributed by atoms with Crippen LogP contribution in [0.25, 0.3) is 11.3 Å². The van der Waals surface area contributed by atoms with Crippen molar-refractivity contribution in [1.29, 1.82) is 0 Å². The number of hydrogen-bond acceptors (Lipinski definition) is 3. The maximum absolute atomic E-state index is 13.1. The van der Waals surface area contributed by atoms with Crippen LogP contribution in [0, 0.1) is 5.82 Å². The van der Waals surface area contributed by atoms with Gasteiger partial charge in [0.25, 0.3) is 0 Å². The molecule has 0 amide bonds. The lowest BCUT2D eigenvalue weighted by Gasteiger charge is -2.07. The smallest absolute Gasteiger partial charge is 0.359 e. The van der Waals surface area contributed by atoms with Crippen LogP contribution in [0.15, 0.2) is 28.8 Å². The third kappa shape index (κ3) is 2.51. The van der Waals surface area contributed by atoms with E-state index in [1.165, 1.54) is 6.07 Å². The Kier molecular flexibility index (Phi) is 3.08. The van der Waals surface area contributed by atoms with Gasteiger partial charge in [-0.3, -0.25) is 0 Å². The minimum absolute atomic E-state index is 0.00854. The summed E-state index contributed by atoms with van der Waals surface area (Å²) >= 11 is 0. The number of benzene rings is 1. The van der Waals surface area contributed by atoms with Crippen LogP contribution >= 0.6 is 0 Å². The maximum Gasteiger partial charge on any atom is 0.416 e. The molecule has 2 rings (SSSR count). The molecule has 96 valence electrons. The van der Waals surface area contributed by atoms with Crippen LogP contribution in [0.4, 0.5) is 17.6 Å². The van der Waals surface area contributed by atoms with E-state index in [1.54, 1.807) is 0 Å². The molecule has 0 saturated heterocycles. The van der Waals surface area contributed by atoms with E-state index < -0.39 is 17.6 Å². The molecule has 2 N–H and O–H groups in total. The highest BCUT2D eigenvalue weighted by Gasteiger charge is 2.31. The number of rotatable bonds is 2. The number of nitrogens with two attached hydrogens (primary N) is 1. The largest absolute Gasteiger partial charge is 0.416 e. The van der Waals surface area contributed by atoms with Crippen molar-refractivity contribution in [3.05, 3.63) is 41.4 Å². The van der Waals surface area contributed by atoms with Crippen molar-refractivity contribution in [3.63, 3.8) is 0 Å². The van der Waals surface area contributed by atoms with Crippen LogP contribution in [-0.2, 0) is 12.7 Å². The van der Waals surface area contributed by atoms with Gasteiger partial charge < -0.3 is 10.3 Å². The van der Waals surface area contributed by atoms with Gasteiger partial charge in [-0.25, -0.2) is 4.39 Å². The van der Waals surface area contributed by atoms with E-state index in [4.69, 9.17) is 10.3 Å². The number of halogens is 4. The molecule has 18 heavy (non-hydrogen) atoms. The van der Waals surface area contributed by atoms with Crippen LogP contribution < -0.4 is 5.73 Å². The summed E-state index contributed by atoms with van der Waals surface area (Å²) in [5.74, 6) is -0.681. The fourth-order valence-electron chi connectivity index (χ4n) is 1.45. The van der Waals surface area contributed by atoms with E-state index >= 15 is 0 Å². The first kappa shape index (κ1) is 12.6. The zero-order valence-electron chi connectivity index (χ0n) is 8.96. The van der Waals surface area contributed by atoms with Gasteiger partial charge in [0.15, 0.2) is 5.76 Å². The summed E-state index contributed by atoms with van der Waals surface area (Å²) in [6.45, 7) is 0.0639. The Balaban J connectivity index is 2.48. The van der Waals surface area contributed by atoms with E-state index in [2.05, 4.69) is 5.16 Å². The van der Waals surface area contributed by atoms with Crippen LogP contribution in [0.2, 0.25) is 0 Å². The molecule has 0 radical (unpaired) electrons. The molecule has 0 aliphatic heterocycles. The molecule has 7 heteroatoms. The van der Waals surface area contributed by atoms with Crippen molar-refractivity contribution in [3.8, 4) is 11.3 Å². The van der Waals surface area contributed by atoms with E-state index in [1.807, 2.05) is 0 Å². The first-order valence-electron chi connectivity index (χ1n) is 4.94. The van der Waals surface area contributed by atoms with Crippen molar-refractivity contribution < 1.29 is 22.1 Å². The van der Waals surface area contributed by atoms with Gasteiger partial charge in [-0.05, 0) is 18.2 Å². The predicted octanol–water partition coefficient (Wildman–Crippen LogP) is 2.96. The molecule has 0 bridgehead atoms. The Morgan fingerprint density at radius 2 is 1.89 bits per heavy atom. The lowest BCUT2D eigenvalue weighted by Crippen LogP contribution is -2.05. The van der Waals surface area contributed by atoms with Gasteiger partial charge in [0.2, 0.25) is 0 Å². The van der Waals surface area contributed by atoms with E-state index in [9.17, 15) is 17.6 Å². The standard InChI is InChI=1S/C11H8F4N2O/c12-8-2-6(1-7(3-8)11(13,14)15)10-4-9(5-16)18-17-10/h1-4H,5,16H2. The summed E-state index contributed by atoms with van der Waals surface area (Å²) in [6.07, 6.45) is -4.61. The summed E-state index contributed by atoms with van der Waals surface area (Å²) in [6, 6.07) is 3.55. The number of aromatic nitrogens is 1. The molecule has 0 fully saturated rings. The summed E-state index contributed by atoms with van der Waals surface area (Å²) in [5, 5.41) is 3.53. The third-order valence-corrected chi connectivity index (χ3v) is 2.28. The number of nitrogens with zero attached hydrogens (tertiary/aromatic N) is 1. The van der Waals surface area contributed by atoms with Crippen LogP contribution in [-0.4, -0.2) is 5.16 Å². The van der Waals surface area contributed by atoms with Gasteiger partial charge in [-0.2, -0.15) is 13.2 Å². The lowest BCUT2D eigenvalue weighted by atomic mass is 10.1. The quantitative estimate of drug-likeness (QED) is 0.844. The Labute approximate surface area is 99.2 Å². The molecule has 0 aliphatic rings. The molecule has 1 aromatic heterocycles. The molecule has 0 unspecified atom stereocenters. The second-order valence-electron chi connectivity index (χ2n) is 3.61. The molecule has 1 heterocycles. The number of hydrogen-bond donors (Lipinski definition) is 1. The van der Waals surface area contributed by atoms with Crippen LogP contribution in [0.3, 0.4) is 0 Å². The highest BCUT2D eigenvalue weighted by molar-refractivity contribution is 5.60. The first-order chi connectivity index (χ1) is 8.40. The summed E-state index contributed by atoms with van der Waals surface area (Å²) in [5.41, 5.74) is 4.31. The minimum atomic E-state index is -4.61. The monoisotopic (exact) mass is 260 g/mol. The molecule has 0 aliphatic carbocycles. The fourth-order valence-corrected chi connectivity index (χ4v) is 1.45. The second-order valence-corrected chi connectivity index (χ2v) is 3.61. The Hall–Kier alpha value is -1.89. The van der Waals surface area contributed by atoms with E-state index in [0.717, 1.165) is 12.1 Å². The highest BCUT2D eigenvalue weighted by Crippen LogP contribution is 2.32. The third-order valence-electron chi connectivity index (χ3n) is 2.28. The second kappa shape index (κ2) is 4.41. The normalized spacial score (nSPS) is 11.8. The Morgan fingerprint density at radius 3 is 2.44 bits per heavy atom. The van der Waals surface area contributed by atoms with Crippen molar-refractivity contribution in [2.45, 2.75) is 12.7 Å². The SMILES string of the molecule is NCc1cc(-c2cc(F)cc(C(F)(F)F)c2)no1. The number of alkyl halides is 3. The predicted molar refractivity (Wildman–Crippen MR) is 54.8 cm³/mol. The average molecular weight is 260 g/mol. The summed E-state index contributed by atoms with van der Waals surface area (Å²) in [4.78, 5) is 0. The Bertz CT molecular complexity index is 562. The molecule has 2 aromatic rings. The molecule has 0 spiro atoms. The van der Waals surface area contributed by atoms with Crippen LogP contribution in [0.5, 0.6) is 0 Å². The maximum atomic E-state index is 13.1. The van der Waals surface area contributed by atoms with Gasteiger partial charge in [-0.15, -0.1) is 0 Å². The van der Waals surface area contributed by atoms with Crippen molar-refractivity contribution in [1.82, 2.24) is 5.16 Å². The van der Waals surface area contributed by atoms with Crippen molar-refractivity contribution in [2.24, 2.45) is 5.73 Å². The fraction of sp³-hybridized carbons (Fsp3) is 0.182. The zero-order chi connectivity index (χ0) is 13.3. The first-order valence-corrected chi connectivity index (χ1v) is 4.94. The van der Waals surface area contributed by atoms with Gasteiger partial charge in [-0.1, -0.05) is 5.16 Å². The van der Waals surface area contributed by atoms with Crippen LogP contribution in [0.1, 0.15) is 11.3 Å². The highest BCUT2D eigenvalue weighted by atomic mass is 19.4. The van der Waals surface area contributed by atoms with Gasteiger partial charge in [0.1, 0.15) is 11.5 Å². The summed E-state index contributed by atoms with van der Waals surface area (Å²) < 4.78 is 55.4. The zero-order valence-corrected chi connectivity index (χ0v) is 8.96. The summed E-state index contributed by atoms with van der Waals surface area (Å²) in [7, 11) is 0. The molecule has 3 nitrogen and oxygen atoms in total. The van der Waals surface area contributed by atoms with Gasteiger partial charge in [0, 0.05) is 11.6 Å². The van der Waals surface area contributed by atoms with E-state index in [-0.39, 0.29) is 17.8 Å². The lowest BCUT2D eigenvalue weighted by molar-refractivity contribution is -0.137. The molecular weight excluding hydrogens is 252 g/mol. The minimum Gasteiger partial charge on any atom is -0.359 e. The topological polar surface area (TPSA) is 52.0 Å².